The summed E-state index contributed by atoms with van der Waals surface area (Å²) in [5, 5.41) is 0. The van der Waals surface area contributed by atoms with Crippen LogP contribution in [0.4, 0.5) is 11.5 Å². The summed E-state index contributed by atoms with van der Waals surface area (Å²) in [5.41, 5.74) is 4.71. The van der Waals surface area contributed by atoms with Crippen LogP contribution in [0, 0.1) is 0 Å². The summed E-state index contributed by atoms with van der Waals surface area (Å²) in [6.45, 7) is 1.91. The average Bonchev–Trinajstić information content (AvgIpc) is 3.25. The number of furan rings is 1. The molecular formula is C21H23BrN4O5. The second-order valence-electron chi connectivity index (χ2n) is 6.80. The summed E-state index contributed by atoms with van der Waals surface area (Å²) in [4.78, 5) is 41.4. The molecule has 0 radical (unpaired) electrons. The van der Waals surface area contributed by atoms with Gasteiger partial charge in [-0.25, -0.2) is 4.79 Å². The van der Waals surface area contributed by atoms with E-state index in [1.807, 2.05) is 6.92 Å². The number of unbranched alkanes of at least 4 members (excludes halogenated alkanes) is 1. The maximum Gasteiger partial charge on any atom is 0.330 e. The summed E-state index contributed by atoms with van der Waals surface area (Å²) < 4.78 is 13.1. The number of benzene rings is 1. The highest BCUT2D eigenvalue weighted by atomic mass is 79.9. The maximum absolute atomic E-state index is 13.1. The largest absolute Gasteiger partial charge is 0.484 e. The van der Waals surface area contributed by atoms with Crippen molar-refractivity contribution in [2.24, 2.45) is 0 Å². The standard InChI is InChI=1S/C21H23BrN4O5/c1-2-3-10-25-19(23)18(20(28)24-21(25)29)26(12-16-5-4-11-30-16)17(27)13-31-15-8-6-14(22)7-9-15/h4-9,11H,2-3,10,12-13,23H2,1H3,(H,24,28,29). The number of amides is 1. The number of anilines is 2. The number of nitrogen functional groups attached to an aromatic ring is 1. The molecule has 0 spiro atoms. The van der Waals surface area contributed by atoms with Gasteiger partial charge in [-0.05, 0) is 42.8 Å². The van der Waals surface area contributed by atoms with Gasteiger partial charge in [0, 0.05) is 11.0 Å². The van der Waals surface area contributed by atoms with Crippen LogP contribution in [0.1, 0.15) is 25.5 Å². The molecule has 0 saturated carbocycles. The summed E-state index contributed by atoms with van der Waals surface area (Å²) >= 11 is 3.34. The fraction of sp³-hybridized carbons (Fsp3) is 0.286. The average molecular weight is 491 g/mol. The topological polar surface area (TPSA) is 124 Å². The lowest BCUT2D eigenvalue weighted by molar-refractivity contribution is -0.120. The quantitative estimate of drug-likeness (QED) is 0.475. The van der Waals surface area contributed by atoms with Crippen molar-refractivity contribution in [1.82, 2.24) is 9.55 Å². The van der Waals surface area contributed by atoms with Crippen LogP contribution in [0.5, 0.6) is 5.75 Å². The molecular weight excluding hydrogens is 468 g/mol. The maximum atomic E-state index is 13.1. The van der Waals surface area contributed by atoms with E-state index in [2.05, 4.69) is 20.9 Å². The molecule has 0 aliphatic heterocycles. The van der Waals surface area contributed by atoms with Crippen LogP contribution in [0.3, 0.4) is 0 Å². The van der Waals surface area contributed by atoms with E-state index in [0.29, 0.717) is 24.5 Å². The van der Waals surface area contributed by atoms with Gasteiger partial charge in [0.15, 0.2) is 12.3 Å². The molecule has 0 fully saturated rings. The van der Waals surface area contributed by atoms with Gasteiger partial charge in [-0.3, -0.25) is 24.0 Å². The second kappa shape index (κ2) is 10.2. The minimum absolute atomic E-state index is 0.0468. The van der Waals surface area contributed by atoms with E-state index in [1.165, 1.54) is 15.7 Å². The predicted octanol–water partition coefficient (Wildman–Crippen LogP) is 2.89. The molecule has 164 valence electrons. The van der Waals surface area contributed by atoms with Gasteiger partial charge in [-0.2, -0.15) is 0 Å². The van der Waals surface area contributed by atoms with Crippen molar-refractivity contribution in [2.45, 2.75) is 32.9 Å². The number of ether oxygens (including phenoxy) is 1. The van der Waals surface area contributed by atoms with E-state index in [4.69, 9.17) is 14.9 Å². The first kappa shape index (κ1) is 22.4. The lowest BCUT2D eigenvalue weighted by Crippen LogP contribution is -2.42. The van der Waals surface area contributed by atoms with Gasteiger partial charge in [0.1, 0.15) is 17.3 Å². The van der Waals surface area contributed by atoms with Crippen LogP contribution < -0.4 is 26.6 Å². The Morgan fingerprint density at radius 1 is 1.26 bits per heavy atom. The number of aromatic amines is 1. The Morgan fingerprint density at radius 2 is 2.00 bits per heavy atom. The number of H-pyrrole nitrogens is 1. The highest BCUT2D eigenvalue weighted by Gasteiger charge is 2.25. The van der Waals surface area contributed by atoms with E-state index < -0.39 is 17.2 Å². The lowest BCUT2D eigenvalue weighted by atomic mass is 10.3. The van der Waals surface area contributed by atoms with Crippen molar-refractivity contribution in [1.29, 1.82) is 0 Å². The normalized spacial score (nSPS) is 10.8. The predicted molar refractivity (Wildman–Crippen MR) is 120 cm³/mol. The van der Waals surface area contributed by atoms with Crippen molar-refractivity contribution in [3.05, 3.63) is 73.7 Å². The number of hydrogen-bond donors (Lipinski definition) is 2. The summed E-state index contributed by atoms with van der Waals surface area (Å²) in [6.07, 6.45) is 2.98. The van der Waals surface area contributed by atoms with Crippen LogP contribution in [0.25, 0.3) is 0 Å². The zero-order chi connectivity index (χ0) is 22.4. The molecule has 3 N–H and O–H groups in total. The van der Waals surface area contributed by atoms with Gasteiger partial charge in [0.05, 0.1) is 12.8 Å². The summed E-state index contributed by atoms with van der Waals surface area (Å²) in [5.74, 6) is 0.342. The SMILES string of the molecule is CCCCn1c(N)c(N(Cc2ccco2)C(=O)COc2ccc(Br)cc2)c(=O)[nH]c1=O. The first-order valence-electron chi connectivity index (χ1n) is 9.74. The Labute approximate surface area is 186 Å². The highest BCUT2D eigenvalue weighted by molar-refractivity contribution is 9.10. The van der Waals surface area contributed by atoms with Crippen molar-refractivity contribution in [3.63, 3.8) is 0 Å². The van der Waals surface area contributed by atoms with E-state index >= 15 is 0 Å². The molecule has 9 nitrogen and oxygen atoms in total. The van der Waals surface area contributed by atoms with Gasteiger partial charge in [-0.1, -0.05) is 29.3 Å². The van der Waals surface area contributed by atoms with Crippen molar-refractivity contribution < 1.29 is 13.9 Å². The number of nitrogens with one attached hydrogen (secondary N) is 1. The van der Waals surface area contributed by atoms with Crippen LogP contribution >= 0.6 is 15.9 Å². The van der Waals surface area contributed by atoms with E-state index in [9.17, 15) is 14.4 Å². The first-order chi connectivity index (χ1) is 14.9. The highest BCUT2D eigenvalue weighted by Crippen LogP contribution is 2.21. The minimum Gasteiger partial charge on any atom is -0.484 e. The number of carbonyl (C=O) groups is 1. The Kier molecular flexibility index (Phi) is 7.35. The number of nitrogens with zero attached hydrogens (tertiary/aromatic N) is 2. The number of hydrogen-bond acceptors (Lipinski definition) is 6. The zero-order valence-electron chi connectivity index (χ0n) is 17.0. The van der Waals surface area contributed by atoms with Gasteiger partial charge in [0.2, 0.25) is 0 Å². The third kappa shape index (κ3) is 5.46. The molecule has 0 bridgehead atoms. The number of aromatic nitrogens is 2. The fourth-order valence-corrected chi connectivity index (χ4v) is 3.24. The lowest BCUT2D eigenvalue weighted by Gasteiger charge is -2.24. The molecule has 31 heavy (non-hydrogen) atoms. The number of nitrogens with two attached hydrogens (primary N) is 1. The fourth-order valence-electron chi connectivity index (χ4n) is 2.98. The van der Waals surface area contributed by atoms with Crippen molar-refractivity contribution in [3.8, 4) is 5.75 Å². The first-order valence-corrected chi connectivity index (χ1v) is 10.5. The molecule has 3 rings (SSSR count). The molecule has 1 aromatic carbocycles. The summed E-state index contributed by atoms with van der Waals surface area (Å²) in [7, 11) is 0. The van der Waals surface area contributed by atoms with Gasteiger partial charge in [-0.15, -0.1) is 0 Å². The van der Waals surface area contributed by atoms with Crippen LogP contribution in [-0.4, -0.2) is 22.1 Å². The molecule has 0 aliphatic carbocycles. The zero-order valence-corrected chi connectivity index (χ0v) is 18.6. The Hall–Kier alpha value is -3.27. The molecule has 2 aromatic heterocycles. The van der Waals surface area contributed by atoms with E-state index in [0.717, 1.165) is 10.9 Å². The molecule has 0 aliphatic rings. The van der Waals surface area contributed by atoms with E-state index in [-0.39, 0.29) is 24.7 Å². The number of rotatable bonds is 9. The van der Waals surface area contributed by atoms with Crippen LogP contribution in [0.15, 0.2) is 61.1 Å². The van der Waals surface area contributed by atoms with Crippen molar-refractivity contribution >= 4 is 33.3 Å². The number of carbonyl (C=O) groups excluding carboxylic acids is 1. The van der Waals surface area contributed by atoms with Gasteiger partial charge >= 0.3 is 5.69 Å². The summed E-state index contributed by atoms with van der Waals surface area (Å²) in [6, 6.07) is 10.3. The molecule has 1 amide bonds. The smallest absolute Gasteiger partial charge is 0.330 e. The van der Waals surface area contributed by atoms with E-state index in [1.54, 1.807) is 36.4 Å². The minimum atomic E-state index is -0.751. The molecule has 0 saturated heterocycles. The third-order valence-corrected chi connectivity index (χ3v) is 5.12. The molecule has 2 heterocycles. The van der Waals surface area contributed by atoms with Gasteiger partial charge < -0.3 is 14.9 Å². The van der Waals surface area contributed by atoms with Crippen LogP contribution in [-0.2, 0) is 17.9 Å². The number of halogens is 1. The Bertz CT molecular complexity index is 1140. The van der Waals surface area contributed by atoms with Gasteiger partial charge in [0.25, 0.3) is 11.5 Å². The molecule has 0 unspecified atom stereocenters. The molecule has 3 aromatic rings. The van der Waals surface area contributed by atoms with Crippen LogP contribution in [0.2, 0.25) is 0 Å². The second-order valence-corrected chi connectivity index (χ2v) is 7.72. The van der Waals surface area contributed by atoms with Crippen molar-refractivity contribution in [2.75, 3.05) is 17.2 Å². The Morgan fingerprint density at radius 3 is 2.65 bits per heavy atom. The monoisotopic (exact) mass is 490 g/mol. The molecule has 0 atom stereocenters. The Balaban J connectivity index is 1.95. The molecule has 10 heteroatoms. The third-order valence-electron chi connectivity index (χ3n) is 4.59.